The maximum Gasteiger partial charge on any atom is 0.246 e. The van der Waals surface area contributed by atoms with Gasteiger partial charge in [-0.1, -0.05) is 36.4 Å². The van der Waals surface area contributed by atoms with E-state index in [1.165, 1.54) is 12.1 Å². The summed E-state index contributed by atoms with van der Waals surface area (Å²) in [5.41, 5.74) is 1.55. The Balaban J connectivity index is 1.68. The van der Waals surface area contributed by atoms with Crippen molar-refractivity contribution in [2.24, 2.45) is 0 Å². The molecule has 25 heavy (non-hydrogen) atoms. The van der Waals surface area contributed by atoms with Crippen molar-refractivity contribution in [3.8, 4) is 0 Å². The molecule has 0 aliphatic rings. The molecule has 0 aliphatic heterocycles. The first-order valence-corrected chi connectivity index (χ1v) is 8.61. The molecule has 0 saturated carbocycles. The molecule has 0 radical (unpaired) electrons. The minimum absolute atomic E-state index is 0.0931. The van der Waals surface area contributed by atoms with E-state index in [2.05, 4.69) is 5.32 Å². The number of hydrogen-bond donors (Lipinski definition) is 2. The molecule has 0 aromatic heterocycles. The third kappa shape index (κ3) is 6.96. The largest absolute Gasteiger partial charge is 0.367 e. The fourth-order valence-electron chi connectivity index (χ4n) is 1.99. The summed E-state index contributed by atoms with van der Waals surface area (Å²) in [4.78, 5) is 12.0. The van der Waals surface area contributed by atoms with Gasteiger partial charge in [-0.3, -0.25) is 4.79 Å². The minimum atomic E-state index is -2.02. The summed E-state index contributed by atoms with van der Waals surface area (Å²) in [7, 11) is 0. The zero-order valence-electron chi connectivity index (χ0n) is 13.4. The number of ether oxygens (including phenoxy) is 1. The van der Waals surface area contributed by atoms with Gasteiger partial charge in [0.25, 0.3) is 0 Å². The molecule has 1 atom stereocenters. The van der Waals surface area contributed by atoms with Gasteiger partial charge in [-0.15, -0.1) is 0 Å². The van der Waals surface area contributed by atoms with Crippen LogP contribution in [0.2, 0.25) is 0 Å². The number of halogens is 1. The van der Waals surface area contributed by atoms with Gasteiger partial charge in [-0.2, -0.15) is 0 Å². The predicted molar refractivity (Wildman–Crippen MR) is 93.6 cm³/mol. The highest BCUT2D eigenvalue weighted by Gasteiger charge is 2.01. The highest BCUT2D eigenvalue weighted by molar-refractivity contribution is 7.79. The molecule has 2 rings (SSSR count). The summed E-state index contributed by atoms with van der Waals surface area (Å²) < 4.78 is 38.0. The van der Waals surface area contributed by atoms with Crippen molar-refractivity contribution >= 4 is 23.1 Å². The van der Waals surface area contributed by atoms with Crippen molar-refractivity contribution in [2.75, 3.05) is 13.2 Å². The summed E-state index contributed by atoms with van der Waals surface area (Å²) in [6.45, 7) is 0.448. The second kappa shape index (κ2) is 9.83. The van der Waals surface area contributed by atoms with E-state index < -0.39 is 11.1 Å². The average Bonchev–Trinajstić information content (AvgIpc) is 2.61. The van der Waals surface area contributed by atoms with E-state index in [0.29, 0.717) is 11.4 Å². The molecule has 0 fully saturated rings. The highest BCUT2D eigenvalue weighted by atomic mass is 32.2. The Morgan fingerprint density at radius 2 is 2.00 bits per heavy atom. The molecule has 1 amide bonds. The van der Waals surface area contributed by atoms with Gasteiger partial charge < -0.3 is 14.6 Å². The predicted octanol–water partition coefficient (Wildman–Crippen LogP) is 2.75. The van der Waals surface area contributed by atoms with Crippen LogP contribution in [-0.4, -0.2) is 27.8 Å². The third-order valence-corrected chi connectivity index (χ3v) is 3.86. The molecule has 0 heterocycles. The Bertz CT molecular complexity index is 762. The number of carbonyl (C=O) groups excluding carboxylic acids is 1. The molecule has 2 aromatic carbocycles. The van der Waals surface area contributed by atoms with Crippen molar-refractivity contribution < 1.29 is 22.7 Å². The Morgan fingerprint density at radius 1 is 1.24 bits per heavy atom. The molecular weight excluding hydrogens is 345 g/mol. The van der Waals surface area contributed by atoms with Crippen molar-refractivity contribution in [1.29, 1.82) is 0 Å². The van der Waals surface area contributed by atoms with Crippen LogP contribution >= 0.6 is 0 Å². The van der Waals surface area contributed by atoms with Crippen molar-refractivity contribution in [2.45, 2.75) is 11.5 Å². The maximum absolute atomic E-state index is 12.8. The molecular formula is C18H18FNO4S. The lowest BCUT2D eigenvalue weighted by molar-refractivity contribution is -0.125. The maximum atomic E-state index is 12.8. The summed E-state index contributed by atoms with van der Waals surface area (Å²) in [5.74, 6) is -0.582. The lowest BCUT2D eigenvalue weighted by Gasteiger charge is -2.05. The van der Waals surface area contributed by atoms with Gasteiger partial charge in [0.1, 0.15) is 12.4 Å². The Hall–Kier alpha value is -2.35. The molecule has 0 aliphatic carbocycles. The summed E-state index contributed by atoms with van der Waals surface area (Å²) in [6.07, 6.45) is 3.48. The lowest BCUT2D eigenvalue weighted by Crippen LogP contribution is -2.27. The number of carbonyl (C=O) groups is 1. The zero-order chi connectivity index (χ0) is 18.1. The summed E-state index contributed by atoms with van der Waals surface area (Å²) in [6, 6.07) is 12.5. The minimum Gasteiger partial charge on any atom is -0.367 e. The molecule has 132 valence electrons. The van der Waals surface area contributed by atoms with Crippen molar-refractivity contribution in [3.63, 3.8) is 0 Å². The lowest BCUT2D eigenvalue weighted by atomic mass is 10.2. The van der Waals surface area contributed by atoms with E-state index in [9.17, 15) is 13.4 Å². The fourth-order valence-corrected chi connectivity index (χ4v) is 2.42. The second-order valence-corrected chi connectivity index (χ2v) is 6.12. The van der Waals surface area contributed by atoms with E-state index in [0.717, 1.165) is 11.1 Å². The Kier molecular flexibility index (Phi) is 7.46. The van der Waals surface area contributed by atoms with Crippen molar-refractivity contribution in [1.82, 2.24) is 5.32 Å². The van der Waals surface area contributed by atoms with E-state index in [-0.39, 0.29) is 24.9 Å². The molecule has 2 aromatic rings. The molecule has 5 nitrogen and oxygen atoms in total. The number of rotatable bonds is 8. The zero-order valence-corrected chi connectivity index (χ0v) is 14.2. The van der Waals surface area contributed by atoms with Crippen LogP contribution in [0.5, 0.6) is 0 Å². The van der Waals surface area contributed by atoms with Crippen LogP contribution in [0.15, 0.2) is 59.5 Å². The number of nitrogens with one attached hydrogen (secondary N) is 1. The van der Waals surface area contributed by atoms with Crippen LogP contribution in [0.3, 0.4) is 0 Å². The Labute approximate surface area is 147 Å². The van der Waals surface area contributed by atoms with E-state index in [4.69, 9.17) is 9.29 Å². The topological polar surface area (TPSA) is 75.6 Å². The van der Waals surface area contributed by atoms with Crippen LogP contribution in [-0.2, 0) is 27.2 Å². The second-order valence-electron chi connectivity index (χ2n) is 5.15. The van der Waals surface area contributed by atoms with Crippen LogP contribution in [0, 0.1) is 5.82 Å². The number of hydrogen-bond acceptors (Lipinski definition) is 3. The summed E-state index contributed by atoms with van der Waals surface area (Å²) >= 11 is -2.02. The molecule has 0 saturated heterocycles. The fraction of sp³-hybridized carbons (Fsp3) is 0.167. The van der Waals surface area contributed by atoms with Crippen LogP contribution in [0.4, 0.5) is 4.39 Å². The van der Waals surface area contributed by atoms with Gasteiger partial charge in [-0.05, 0) is 35.4 Å². The van der Waals surface area contributed by atoms with Gasteiger partial charge >= 0.3 is 0 Å². The average molecular weight is 363 g/mol. The van der Waals surface area contributed by atoms with E-state index in [1.54, 1.807) is 48.6 Å². The van der Waals surface area contributed by atoms with Crippen molar-refractivity contribution in [3.05, 3.63) is 71.6 Å². The monoisotopic (exact) mass is 363 g/mol. The smallest absolute Gasteiger partial charge is 0.246 e. The van der Waals surface area contributed by atoms with Gasteiger partial charge in [0.15, 0.2) is 11.1 Å². The standard InChI is InChI=1S/C18H18FNO4S/c19-16-8-6-15(7-9-16)12-24-13-18(21)20-10-2-4-14-3-1-5-17(11-14)25(22)23/h1-9,11H,10,12-13H2,(H,20,21)(H,22,23). The molecule has 1 unspecified atom stereocenters. The van der Waals surface area contributed by atoms with E-state index >= 15 is 0 Å². The normalized spacial score (nSPS) is 12.2. The molecule has 7 heteroatoms. The first-order valence-electron chi connectivity index (χ1n) is 7.51. The van der Waals surface area contributed by atoms with Gasteiger partial charge in [0.2, 0.25) is 5.91 Å². The highest BCUT2D eigenvalue weighted by Crippen LogP contribution is 2.09. The van der Waals surface area contributed by atoms with Crippen LogP contribution in [0.25, 0.3) is 6.08 Å². The molecule has 2 N–H and O–H groups in total. The molecule has 0 spiro atoms. The van der Waals surface area contributed by atoms with Crippen LogP contribution < -0.4 is 5.32 Å². The first-order chi connectivity index (χ1) is 12.0. The van der Waals surface area contributed by atoms with E-state index in [1.807, 2.05) is 0 Å². The third-order valence-electron chi connectivity index (χ3n) is 3.20. The van der Waals surface area contributed by atoms with Gasteiger partial charge in [0, 0.05) is 6.54 Å². The molecule has 0 bridgehead atoms. The number of amides is 1. The van der Waals surface area contributed by atoms with Gasteiger partial charge in [0.05, 0.1) is 11.5 Å². The number of benzene rings is 2. The Morgan fingerprint density at radius 3 is 2.72 bits per heavy atom. The first kappa shape index (κ1) is 19.0. The summed E-state index contributed by atoms with van der Waals surface area (Å²) in [5, 5.41) is 2.67. The van der Waals surface area contributed by atoms with Gasteiger partial charge in [-0.25, -0.2) is 8.60 Å². The van der Waals surface area contributed by atoms with Crippen LogP contribution in [0.1, 0.15) is 11.1 Å². The quantitative estimate of drug-likeness (QED) is 0.707. The SMILES string of the molecule is O=C(COCc1ccc(F)cc1)NCC=Cc1cccc(S(=O)O)c1.